The van der Waals surface area contributed by atoms with Crippen LogP contribution in [0.15, 0.2) is 71.8 Å². The van der Waals surface area contributed by atoms with E-state index in [0.717, 1.165) is 27.8 Å². The van der Waals surface area contributed by atoms with Crippen molar-refractivity contribution in [3.63, 3.8) is 0 Å². The molecule has 10 heteroatoms. The zero-order chi connectivity index (χ0) is 26.7. The molecule has 4 rings (SSSR count). The van der Waals surface area contributed by atoms with Crippen LogP contribution in [0, 0.1) is 20.8 Å². The molecule has 2 aromatic heterocycles. The minimum atomic E-state index is -4.30. The van der Waals surface area contributed by atoms with Crippen LogP contribution in [-0.2, 0) is 16.6 Å². The van der Waals surface area contributed by atoms with Crippen LogP contribution in [0.1, 0.15) is 35.5 Å². The number of rotatable bonds is 7. The number of benzene rings is 2. The molecular formula is C27H31N5O4S. The van der Waals surface area contributed by atoms with E-state index in [2.05, 4.69) is 9.97 Å². The molecule has 0 saturated carbocycles. The molecule has 5 N–H and O–H groups in total. The van der Waals surface area contributed by atoms with Gasteiger partial charge in [-0.3, -0.25) is 4.79 Å². The highest BCUT2D eigenvalue weighted by molar-refractivity contribution is 7.90. The summed E-state index contributed by atoms with van der Waals surface area (Å²) in [5.74, 6) is -0.425. The number of carbonyl (C=O) groups is 1. The molecule has 0 aliphatic carbocycles. The number of hydrogen-bond donors (Lipinski definition) is 3. The third-order valence-electron chi connectivity index (χ3n) is 5.61. The molecule has 0 bridgehead atoms. The Morgan fingerprint density at radius 1 is 0.973 bits per heavy atom. The first-order valence-electron chi connectivity index (χ1n) is 11.4. The topological polar surface area (TPSA) is 150 Å². The van der Waals surface area contributed by atoms with Crippen LogP contribution in [0.3, 0.4) is 0 Å². The Labute approximate surface area is 218 Å². The van der Waals surface area contributed by atoms with Gasteiger partial charge in [-0.05, 0) is 67.8 Å². The SMILES string of the molecule is Cc1cc(C)c(Oc2nc(-c3cccc(CN)c3)ccc2C(=O)NS(=O)(=O)c2cccc(N)n2)c(C)c1.[HH].[HH]. The quantitative estimate of drug-likeness (QED) is 0.321. The Balaban J connectivity index is 0.00000267. The summed E-state index contributed by atoms with van der Waals surface area (Å²) in [5, 5.41) is -0.378. The monoisotopic (exact) mass is 521 g/mol. The molecule has 2 heterocycles. The molecule has 0 atom stereocenters. The molecule has 0 spiro atoms. The van der Waals surface area contributed by atoms with E-state index in [-0.39, 0.29) is 25.1 Å². The number of hydrogen-bond acceptors (Lipinski definition) is 8. The molecule has 37 heavy (non-hydrogen) atoms. The van der Waals surface area contributed by atoms with E-state index >= 15 is 0 Å². The fourth-order valence-electron chi connectivity index (χ4n) is 3.94. The predicted molar refractivity (Wildman–Crippen MR) is 146 cm³/mol. The first-order valence-corrected chi connectivity index (χ1v) is 12.9. The lowest BCUT2D eigenvalue weighted by Crippen LogP contribution is -2.31. The lowest BCUT2D eigenvalue weighted by atomic mass is 10.1. The highest BCUT2D eigenvalue weighted by Crippen LogP contribution is 2.32. The minimum absolute atomic E-state index is 0. The van der Waals surface area contributed by atoms with Crippen molar-refractivity contribution in [1.29, 1.82) is 0 Å². The minimum Gasteiger partial charge on any atom is -0.438 e. The maximum absolute atomic E-state index is 13.2. The number of sulfonamides is 1. The molecule has 0 aliphatic heterocycles. The van der Waals surface area contributed by atoms with Gasteiger partial charge >= 0.3 is 0 Å². The Morgan fingerprint density at radius 3 is 2.35 bits per heavy atom. The van der Waals surface area contributed by atoms with Gasteiger partial charge in [0.15, 0.2) is 5.03 Å². The fourth-order valence-corrected chi connectivity index (χ4v) is 4.89. The highest BCUT2D eigenvalue weighted by Gasteiger charge is 2.25. The number of nitrogens with zero attached hydrogens (tertiary/aromatic N) is 2. The van der Waals surface area contributed by atoms with Gasteiger partial charge in [0.05, 0.1) is 5.69 Å². The zero-order valence-electron chi connectivity index (χ0n) is 20.6. The van der Waals surface area contributed by atoms with Crippen molar-refractivity contribution in [1.82, 2.24) is 14.7 Å². The maximum Gasteiger partial charge on any atom is 0.281 e. The van der Waals surface area contributed by atoms with Gasteiger partial charge in [0.2, 0.25) is 5.88 Å². The fraction of sp³-hybridized carbons (Fsp3) is 0.148. The molecule has 194 valence electrons. The second-order valence-electron chi connectivity index (χ2n) is 8.62. The summed E-state index contributed by atoms with van der Waals surface area (Å²) in [7, 11) is -4.30. The Hall–Kier alpha value is -4.28. The molecule has 0 saturated heterocycles. The maximum atomic E-state index is 13.2. The number of ether oxygens (including phenoxy) is 1. The number of aryl methyl sites for hydroxylation is 3. The van der Waals surface area contributed by atoms with Gasteiger partial charge < -0.3 is 16.2 Å². The van der Waals surface area contributed by atoms with Gasteiger partial charge in [0, 0.05) is 15.0 Å². The van der Waals surface area contributed by atoms with Gasteiger partial charge in [-0.1, -0.05) is 42.0 Å². The number of amides is 1. The summed E-state index contributed by atoms with van der Waals surface area (Å²) in [6, 6.07) is 18.6. The van der Waals surface area contributed by atoms with Gasteiger partial charge in [-0.15, -0.1) is 0 Å². The molecule has 0 unspecified atom stereocenters. The first-order chi connectivity index (χ1) is 17.6. The first kappa shape index (κ1) is 25.8. The zero-order valence-corrected chi connectivity index (χ0v) is 21.5. The summed E-state index contributed by atoms with van der Waals surface area (Å²) < 4.78 is 33.9. The standard InChI is InChI=1S/C27H27N5O4S.2H2/c1-16-12-17(2)25(18(3)13-16)36-27-21(10-11-22(30-27)20-7-4-6-19(14-20)15-28)26(33)32-37(34,35)24-9-5-8-23(29)31-24;;/h4-14H,15,28H2,1-3H3,(H2,29,31)(H,32,33);2*1H. The van der Waals surface area contributed by atoms with E-state index < -0.39 is 15.9 Å². The van der Waals surface area contributed by atoms with Crippen LogP contribution in [0.5, 0.6) is 11.6 Å². The molecule has 1 amide bonds. The van der Waals surface area contributed by atoms with Crippen molar-refractivity contribution in [2.75, 3.05) is 5.73 Å². The lowest BCUT2D eigenvalue weighted by molar-refractivity contribution is 0.0978. The number of nitrogens with one attached hydrogen (secondary N) is 1. The molecule has 0 fully saturated rings. The summed E-state index contributed by atoms with van der Waals surface area (Å²) in [4.78, 5) is 21.6. The number of anilines is 1. The molecule has 2 aromatic carbocycles. The average molecular weight is 522 g/mol. The van der Waals surface area contributed by atoms with Gasteiger partial charge in [-0.25, -0.2) is 14.7 Å². The average Bonchev–Trinajstić information content (AvgIpc) is 2.86. The number of nitrogen functional groups attached to an aromatic ring is 1. The van der Waals surface area contributed by atoms with Crippen molar-refractivity contribution >= 4 is 21.7 Å². The van der Waals surface area contributed by atoms with Crippen LogP contribution in [-0.4, -0.2) is 24.3 Å². The highest BCUT2D eigenvalue weighted by atomic mass is 32.2. The van der Waals surface area contributed by atoms with Crippen LogP contribution in [0.4, 0.5) is 5.82 Å². The summed E-state index contributed by atoms with van der Waals surface area (Å²) in [5.41, 5.74) is 16.3. The van der Waals surface area contributed by atoms with E-state index in [1.807, 2.05) is 61.9 Å². The number of pyridine rings is 2. The van der Waals surface area contributed by atoms with Crippen molar-refractivity contribution in [3.8, 4) is 22.9 Å². The largest absolute Gasteiger partial charge is 0.438 e. The van der Waals surface area contributed by atoms with E-state index in [1.165, 1.54) is 24.3 Å². The molecule has 9 nitrogen and oxygen atoms in total. The Morgan fingerprint density at radius 2 is 1.68 bits per heavy atom. The van der Waals surface area contributed by atoms with Gasteiger partial charge in [-0.2, -0.15) is 8.42 Å². The van der Waals surface area contributed by atoms with Gasteiger partial charge in [0.1, 0.15) is 17.1 Å². The van der Waals surface area contributed by atoms with Crippen LogP contribution >= 0.6 is 0 Å². The number of nitrogens with two attached hydrogens (primary N) is 2. The van der Waals surface area contributed by atoms with E-state index in [1.54, 1.807) is 6.07 Å². The number of carbonyl (C=O) groups excluding carboxylic acids is 1. The molecule has 4 aromatic rings. The van der Waals surface area contributed by atoms with Crippen LogP contribution < -0.4 is 20.9 Å². The van der Waals surface area contributed by atoms with Crippen molar-refractivity contribution in [2.45, 2.75) is 32.3 Å². The third kappa shape index (κ3) is 5.76. The summed E-state index contributed by atoms with van der Waals surface area (Å²) >= 11 is 0. The summed E-state index contributed by atoms with van der Waals surface area (Å²) in [6.07, 6.45) is 0. The molecule has 0 radical (unpaired) electrons. The van der Waals surface area contributed by atoms with Gasteiger partial charge in [0.25, 0.3) is 15.9 Å². The third-order valence-corrected chi connectivity index (χ3v) is 6.85. The van der Waals surface area contributed by atoms with E-state index in [4.69, 9.17) is 16.2 Å². The van der Waals surface area contributed by atoms with Crippen molar-refractivity contribution < 1.29 is 20.8 Å². The van der Waals surface area contributed by atoms with Crippen LogP contribution in [0.2, 0.25) is 0 Å². The van der Waals surface area contributed by atoms with Crippen molar-refractivity contribution in [2.24, 2.45) is 5.73 Å². The van der Waals surface area contributed by atoms with Crippen molar-refractivity contribution in [3.05, 3.63) is 94.5 Å². The smallest absolute Gasteiger partial charge is 0.281 e. The number of aromatic nitrogens is 2. The Kier molecular flexibility index (Phi) is 7.23. The lowest BCUT2D eigenvalue weighted by Gasteiger charge is -2.16. The van der Waals surface area contributed by atoms with E-state index in [9.17, 15) is 13.2 Å². The molecular weight excluding hydrogens is 490 g/mol. The predicted octanol–water partition coefficient (Wildman–Crippen LogP) is 4.51. The van der Waals surface area contributed by atoms with Crippen LogP contribution in [0.25, 0.3) is 11.3 Å². The summed E-state index contributed by atoms with van der Waals surface area (Å²) in [6.45, 7) is 6.11. The Bertz CT molecular complexity index is 1590. The second-order valence-corrected chi connectivity index (χ2v) is 10.2. The van der Waals surface area contributed by atoms with E-state index in [0.29, 0.717) is 18.0 Å². The normalized spacial score (nSPS) is 11.2. The second kappa shape index (κ2) is 10.4. The molecule has 0 aliphatic rings.